The minimum atomic E-state index is 0.202. The standard InChI is InChI=1S/C29H24O/c30-29-25(19-23-15-7-13-21-9-3-5-17-27(21)23)11-1-2-12-26(29)20-24-16-8-14-22-10-4-6-18-28(22)24/h3-10,13-20H,1-2,11-12H2. The summed E-state index contributed by atoms with van der Waals surface area (Å²) in [4.78, 5) is 13.5. The lowest BCUT2D eigenvalue weighted by Crippen LogP contribution is -2.04. The molecule has 1 saturated carbocycles. The number of hydrogen-bond acceptors (Lipinski definition) is 1. The Bertz CT molecular complexity index is 1190. The maximum absolute atomic E-state index is 13.5. The minimum Gasteiger partial charge on any atom is -0.289 e. The van der Waals surface area contributed by atoms with E-state index >= 15 is 0 Å². The monoisotopic (exact) mass is 388 g/mol. The van der Waals surface area contributed by atoms with Gasteiger partial charge in [0, 0.05) is 11.1 Å². The van der Waals surface area contributed by atoms with E-state index in [0.29, 0.717) is 0 Å². The van der Waals surface area contributed by atoms with Crippen LogP contribution in [0.25, 0.3) is 33.7 Å². The van der Waals surface area contributed by atoms with Crippen molar-refractivity contribution in [3.05, 3.63) is 107 Å². The fourth-order valence-corrected chi connectivity index (χ4v) is 4.47. The van der Waals surface area contributed by atoms with Crippen molar-refractivity contribution in [1.29, 1.82) is 0 Å². The van der Waals surface area contributed by atoms with Gasteiger partial charge in [-0.05, 0) is 70.5 Å². The lowest BCUT2D eigenvalue weighted by atomic mass is 9.95. The van der Waals surface area contributed by atoms with Gasteiger partial charge in [-0.2, -0.15) is 0 Å². The van der Waals surface area contributed by atoms with Crippen LogP contribution in [0.3, 0.4) is 0 Å². The molecule has 1 fully saturated rings. The third kappa shape index (κ3) is 3.59. The fourth-order valence-electron chi connectivity index (χ4n) is 4.47. The summed E-state index contributed by atoms with van der Waals surface area (Å²) >= 11 is 0. The number of benzene rings is 4. The van der Waals surface area contributed by atoms with Gasteiger partial charge in [-0.1, -0.05) is 84.9 Å². The summed E-state index contributed by atoms with van der Waals surface area (Å²) in [6, 6.07) is 29.4. The molecule has 0 unspecified atom stereocenters. The molecule has 0 atom stereocenters. The van der Waals surface area contributed by atoms with E-state index in [1.54, 1.807) is 0 Å². The van der Waals surface area contributed by atoms with Crippen LogP contribution in [0.1, 0.15) is 36.8 Å². The summed E-state index contributed by atoms with van der Waals surface area (Å²) in [5.41, 5.74) is 4.11. The molecule has 0 N–H and O–H groups in total. The van der Waals surface area contributed by atoms with Crippen LogP contribution in [-0.4, -0.2) is 5.78 Å². The van der Waals surface area contributed by atoms with Crippen molar-refractivity contribution < 1.29 is 4.79 Å². The molecule has 146 valence electrons. The molecule has 1 heteroatoms. The predicted octanol–water partition coefficient (Wildman–Crippen LogP) is 7.60. The van der Waals surface area contributed by atoms with Crippen LogP contribution in [0.5, 0.6) is 0 Å². The van der Waals surface area contributed by atoms with Gasteiger partial charge in [0.05, 0.1) is 0 Å². The number of carbonyl (C=O) groups excluding carboxylic acids is 1. The summed E-state index contributed by atoms with van der Waals surface area (Å²) in [7, 11) is 0. The van der Waals surface area contributed by atoms with E-state index in [1.165, 1.54) is 21.5 Å². The second kappa shape index (κ2) is 8.12. The molecule has 0 radical (unpaired) electrons. The molecule has 0 aromatic heterocycles. The van der Waals surface area contributed by atoms with Crippen LogP contribution >= 0.6 is 0 Å². The first-order chi connectivity index (χ1) is 14.8. The Morgan fingerprint density at radius 2 is 0.967 bits per heavy atom. The van der Waals surface area contributed by atoms with E-state index in [2.05, 4.69) is 97.1 Å². The van der Waals surface area contributed by atoms with Crippen LogP contribution in [0.2, 0.25) is 0 Å². The van der Waals surface area contributed by atoms with E-state index in [4.69, 9.17) is 0 Å². The van der Waals surface area contributed by atoms with Crippen molar-refractivity contribution in [3.8, 4) is 0 Å². The molecule has 0 aliphatic heterocycles. The van der Waals surface area contributed by atoms with Gasteiger partial charge in [0.2, 0.25) is 0 Å². The van der Waals surface area contributed by atoms with Crippen molar-refractivity contribution in [1.82, 2.24) is 0 Å². The smallest absolute Gasteiger partial charge is 0.185 e. The van der Waals surface area contributed by atoms with E-state index in [1.807, 2.05) is 0 Å². The van der Waals surface area contributed by atoms with E-state index in [9.17, 15) is 4.79 Å². The van der Waals surface area contributed by atoms with Crippen LogP contribution in [0.4, 0.5) is 0 Å². The number of ketones is 1. The summed E-state index contributed by atoms with van der Waals surface area (Å²) in [5, 5.41) is 4.81. The molecule has 5 rings (SSSR count). The van der Waals surface area contributed by atoms with Gasteiger partial charge in [-0.15, -0.1) is 0 Å². The fraction of sp³-hybridized carbons (Fsp3) is 0.138. The molecule has 0 saturated heterocycles. The van der Waals surface area contributed by atoms with Crippen molar-refractivity contribution in [2.75, 3.05) is 0 Å². The molecular formula is C29H24O. The molecule has 1 aliphatic carbocycles. The normalized spacial score (nSPS) is 17.7. The summed E-state index contributed by atoms with van der Waals surface area (Å²) in [6.07, 6.45) is 8.02. The lowest BCUT2D eigenvalue weighted by molar-refractivity contribution is -0.112. The van der Waals surface area contributed by atoms with Crippen molar-refractivity contribution >= 4 is 39.5 Å². The van der Waals surface area contributed by atoms with Crippen molar-refractivity contribution in [2.45, 2.75) is 25.7 Å². The highest BCUT2D eigenvalue weighted by molar-refractivity contribution is 6.14. The maximum atomic E-state index is 13.5. The lowest BCUT2D eigenvalue weighted by Gasteiger charge is -2.08. The van der Waals surface area contributed by atoms with Gasteiger partial charge in [0.15, 0.2) is 5.78 Å². The number of fused-ring (bicyclic) bond motifs is 2. The zero-order valence-corrected chi connectivity index (χ0v) is 17.0. The van der Waals surface area contributed by atoms with Crippen LogP contribution in [-0.2, 0) is 4.79 Å². The Morgan fingerprint density at radius 3 is 1.47 bits per heavy atom. The highest BCUT2D eigenvalue weighted by Gasteiger charge is 2.19. The molecule has 0 heterocycles. The van der Waals surface area contributed by atoms with Gasteiger partial charge in [0.1, 0.15) is 0 Å². The second-order valence-corrected chi connectivity index (χ2v) is 8.01. The Kier molecular flexibility index (Phi) is 5.03. The number of carbonyl (C=O) groups is 1. The highest BCUT2D eigenvalue weighted by atomic mass is 16.1. The van der Waals surface area contributed by atoms with Crippen LogP contribution < -0.4 is 0 Å². The number of Topliss-reactive ketones (excluding diaryl/α,β-unsaturated/α-hetero) is 1. The van der Waals surface area contributed by atoms with E-state index in [0.717, 1.165) is 48.0 Å². The zero-order valence-electron chi connectivity index (χ0n) is 17.0. The predicted molar refractivity (Wildman–Crippen MR) is 127 cm³/mol. The van der Waals surface area contributed by atoms with Crippen molar-refractivity contribution in [2.24, 2.45) is 0 Å². The molecule has 4 aromatic rings. The average Bonchev–Trinajstić information content (AvgIpc) is 2.96. The van der Waals surface area contributed by atoms with Gasteiger partial charge < -0.3 is 0 Å². The average molecular weight is 389 g/mol. The molecule has 1 nitrogen and oxygen atoms in total. The third-order valence-corrected chi connectivity index (χ3v) is 6.03. The van der Waals surface area contributed by atoms with Gasteiger partial charge in [-0.25, -0.2) is 0 Å². The molecule has 0 bridgehead atoms. The Labute approximate surface area is 177 Å². The summed E-state index contributed by atoms with van der Waals surface area (Å²) < 4.78 is 0. The van der Waals surface area contributed by atoms with E-state index in [-0.39, 0.29) is 5.78 Å². The Hall–Kier alpha value is -3.45. The first kappa shape index (κ1) is 18.6. The zero-order chi connectivity index (χ0) is 20.3. The largest absolute Gasteiger partial charge is 0.289 e. The Morgan fingerprint density at radius 1 is 0.533 bits per heavy atom. The maximum Gasteiger partial charge on any atom is 0.185 e. The van der Waals surface area contributed by atoms with Gasteiger partial charge >= 0.3 is 0 Å². The Balaban J connectivity index is 1.58. The van der Waals surface area contributed by atoms with Crippen molar-refractivity contribution in [3.63, 3.8) is 0 Å². The molecule has 4 aromatic carbocycles. The molecule has 1 aliphatic rings. The third-order valence-electron chi connectivity index (χ3n) is 6.03. The highest BCUT2D eigenvalue weighted by Crippen LogP contribution is 2.30. The number of rotatable bonds is 2. The van der Waals surface area contributed by atoms with Gasteiger partial charge in [0.25, 0.3) is 0 Å². The molecular weight excluding hydrogens is 364 g/mol. The molecule has 30 heavy (non-hydrogen) atoms. The SMILES string of the molecule is O=C1C(=Cc2cccc3ccccc23)CCCCC1=Cc1cccc2ccccc12. The number of allylic oxidation sites excluding steroid dienone is 2. The van der Waals surface area contributed by atoms with Crippen LogP contribution in [0.15, 0.2) is 96.1 Å². The topological polar surface area (TPSA) is 17.1 Å². The number of hydrogen-bond donors (Lipinski definition) is 0. The molecule has 0 amide bonds. The van der Waals surface area contributed by atoms with Crippen LogP contribution in [0, 0.1) is 0 Å². The quantitative estimate of drug-likeness (QED) is 0.255. The van der Waals surface area contributed by atoms with Gasteiger partial charge in [-0.3, -0.25) is 4.79 Å². The molecule has 0 spiro atoms. The first-order valence-corrected chi connectivity index (χ1v) is 10.7. The minimum absolute atomic E-state index is 0.202. The first-order valence-electron chi connectivity index (χ1n) is 10.7. The summed E-state index contributed by atoms with van der Waals surface area (Å²) in [5.74, 6) is 0.202. The second-order valence-electron chi connectivity index (χ2n) is 8.01. The summed E-state index contributed by atoms with van der Waals surface area (Å²) in [6.45, 7) is 0. The van der Waals surface area contributed by atoms with E-state index < -0.39 is 0 Å².